The molecule has 102 valence electrons. The fourth-order valence-electron chi connectivity index (χ4n) is 1.62. The van der Waals surface area contributed by atoms with Crippen LogP contribution in [0.4, 0.5) is 8.78 Å². The topological polar surface area (TPSA) is 20.2 Å². The van der Waals surface area contributed by atoms with Crippen molar-refractivity contribution in [2.75, 3.05) is 6.61 Å². The van der Waals surface area contributed by atoms with Crippen molar-refractivity contribution in [3.05, 3.63) is 65.2 Å². The summed E-state index contributed by atoms with van der Waals surface area (Å²) in [7, 11) is 0. The van der Waals surface area contributed by atoms with Crippen molar-refractivity contribution in [2.45, 2.75) is 10.6 Å². The van der Waals surface area contributed by atoms with E-state index in [4.69, 9.17) is 5.11 Å². The number of benzene rings is 2. The van der Waals surface area contributed by atoms with Crippen LogP contribution in [0.2, 0.25) is 0 Å². The Kier molecular flexibility index (Phi) is 5.16. The summed E-state index contributed by atoms with van der Waals surface area (Å²) in [6.45, 7) is -0.304. The van der Waals surface area contributed by atoms with Crippen LogP contribution in [-0.2, 0) is 5.75 Å². The molecule has 0 spiro atoms. The SMILES string of the molecule is OCC#Cc1cc(CSc2cccc(F)c2)ccc1F. The summed E-state index contributed by atoms with van der Waals surface area (Å²) < 4.78 is 26.5. The predicted octanol–water partition coefficient (Wildman–Crippen LogP) is 3.60. The average Bonchev–Trinajstić information content (AvgIpc) is 2.45. The molecule has 0 aliphatic carbocycles. The molecule has 0 aliphatic heterocycles. The molecule has 2 aromatic carbocycles. The Balaban J connectivity index is 2.10. The summed E-state index contributed by atoms with van der Waals surface area (Å²) in [6, 6.07) is 11.0. The number of hydrogen-bond acceptors (Lipinski definition) is 2. The van der Waals surface area contributed by atoms with Gasteiger partial charge in [-0.25, -0.2) is 8.78 Å². The molecule has 2 rings (SSSR count). The minimum absolute atomic E-state index is 0.261. The summed E-state index contributed by atoms with van der Waals surface area (Å²) in [6.07, 6.45) is 0. The zero-order valence-corrected chi connectivity index (χ0v) is 11.4. The van der Waals surface area contributed by atoms with Gasteiger partial charge in [0.25, 0.3) is 0 Å². The Hall–Kier alpha value is -1.83. The zero-order chi connectivity index (χ0) is 14.4. The van der Waals surface area contributed by atoms with Crippen molar-refractivity contribution in [3.8, 4) is 11.8 Å². The summed E-state index contributed by atoms with van der Waals surface area (Å²) in [5, 5.41) is 8.63. The van der Waals surface area contributed by atoms with Gasteiger partial charge in [-0.3, -0.25) is 0 Å². The average molecular weight is 290 g/mol. The maximum Gasteiger partial charge on any atom is 0.138 e. The fraction of sp³-hybridized carbons (Fsp3) is 0.125. The number of aliphatic hydroxyl groups excluding tert-OH is 1. The molecule has 0 fully saturated rings. The molecular formula is C16H12F2OS. The van der Waals surface area contributed by atoms with E-state index in [0.29, 0.717) is 5.75 Å². The van der Waals surface area contributed by atoms with Gasteiger partial charge in [0.15, 0.2) is 0 Å². The predicted molar refractivity (Wildman–Crippen MR) is 76.3 cm³/mol. The third-order valence-electron chi connectivity index (χ3n) is 2.53. The minimum Gasteiger partial charge on any atom is -0.384 e. The van der Waals surface area contributed by atoms with Crippen LogP contribution in [-0.4, -0.2) is 11.7 Å². The Labute approximate surface area is 120 Å². The van der Waals surface area contributed by atoms with E-state index in [1.54, 1.807) is 18.2 Å². The third-order valence-corrected chi connectivity index (χ3v) is 3.60. The first kappa shape index (κ1) is 14.6. The quantitative estimate of drug-likeness (QED) is 0.688. The van der Waals surface area contributed by atoms with Crippen molar-refractivity contribution in [1.29, 1.82) is 0 Å². The van der Waals surface area contributed by atoms with Gasteiger partial charge in [-0.15, -0.1) is 11.8 Å². The van der Waals surface area contributed by atoms with E-state index < -0.39 is 5.82 Å². The lowest BCUT2D eigenvalue weighted by Crippen LogP contribution is -1.89. The lowest BCUT2D eigenvalue weighted by Gasteiger charge is -2.04. The smallest absolute Gasteiger partial charge is 0.138 e. The molecule has 0 bridgehead atoms. The molecule has 20 heavy (non-hydrogen) atoms. The molecule has 0 saturated carbocycles. The first-order chi connectivity index (χ1) is 9.69. The molecule has 4 heteroatoms. The van der Waals surface area contributed by atoms with E-state index in [0.717, 1.165) is 10.5 Å². The Bertz CT molecular complexity index is 659. The highest BCUT2D eigenvalue weighted by molar-refractivity contribution is 7.98. The molecule has 0 radical (unpaired) electrons. The summed E-state index contributed by atoms with van der Waals surface area (Å²) >= 11 is 1.47. The molecule has 0 heterocycles. The Morgan fingerprint density at radius 2 is 1.95 bits per heavy atom. The normalized spacial score (nSPS) is 9.95. The standard InChI is InChI=1S/C16H12F2OS/c17-14-4-1-5-15(10-14)20-11-12-6-7-16(18)13(9-12)3-2-8-19/h1,4-7,9-10,19H,8,11H2. The van der Waals surface area contributed by atoms with Gasteiger partial charge < -0.3 is 5.11 Å². The minimum atomic E-state index is -0.412. The van der Waals surface area contributed by atoms with Gasteiger partial charge in [-0.1, -0.05) is 24.0 Å². The van der Waals surface area contributed by atoms with Crippen molar-refractivity contribution in [1.82, 2.24) is 0 Å². The van der Waals surface area contributed by atoms with Crippen molar-refractivity contribution >= 4 is 11.8 Å². The van der Waals surface area contributed by atoms with Crippen LogP contribution in [0.15, 0.2) is 47.4 Å². The molecule has 0 amide bonds. The second-order valence-electron chi connectivity index (χ2n) is 4.02. The highest BCUT2D eigenvalue weighted by atomic mass is 32.2. The van der Waals surface area contributed by atoms with Gasteiger partial charge in [0.1, 0.15) is 18.2 Å². The number of thioether (sulfide) groups is 1. The molecule has 0 atom stereocenters. The molecule has 1 nitrogen and oxygen atoms in total. The van der Waals surface area contributed by atoms with E-state index in [9.17, 15) is 8.78 Å². The molecule has 1 N–H and O–H groups in total. The number of halogens is 2. The van der Waals surface area contributed by atoms with E-state index in [2.05, 4.69) is 11.8 Å². The van der Waals surface area contributed by atoms with Gasteiger partial charge in [0.05, 0.1) is 5.56 Å². The Morgan fingerprint density at radius 3 is 2.70 bits per heavy atom. The highest BCUT2D eigenvalue weighted by Gasteiger charge is 2.03. The van der Waals surface area contributed by atoms with Crippen molar-refractivity contribution < 1.29 is 13.9 Å². The Morgan fingerprint density at radius 1 is 1.10 bits per heavy atom. The van der Waals surface area contributed by atoms with Gasteiger partial charge in [-0.2, -0.15) is 0 Å². The molecule has 0 aromatic heterocycles. The summed E-state index contributed by atoms with van der Waals surface area (Å²) in [4.78, 5) is 0.817. The highest BCUT2D eigenvalue weighted by Crippen LogP contribution is 2.24. The second kappa shape index (κ2) is 7.09. The molecule has 2 aromatic rings. The first-order valence-electron chi connectivity index (χ1n) is 5.95. The lowest BCUT2D eigenvalue weighted by atomic mass is 10.1. The van der Waals surface area contributed by atoms with Gasteiger partial charge in [0, 0.05) is 10.6 Å². The van der Waals surface area contributed by atoms with Gasteiger partial charge in [-0.05, 0) is 35.9 Å². The number of aliphatic hydroxyl groups is 1. The lowest BCUT2D eigenvalue weighted by molar-refractivity contribution is 0.350. The van der Waals surface area contributed by atoms with Crippen LogP contribution in [0.1, 0.15) is 11.1 Å². The van der Waals surface area contributed by atoms with Crippen molar-refractivity contribution in [3.63, 3.8) is 0 Å². The van der Waals surface area contributed by atoms with Crippen LogP contribution >= 0.6 is 11.8 Å². The number of hydrogen-bond donors (Lipinski definition) is 1. The molecule has 0 aliphatic rings. The molecule has 0 saturated heterocycles. The monoisotopic (exact) mass is 290 g/mol. The van der Waals surface area contributed by atoms with Crippen LogP contribution in [0.3, 0.4) is 0 Å². The van der Waals surface area contributed by atoms with E-state index in [1.807, 2.05) is 6.07 Å². The third kappa shape index (κ3) is 4.09. The number of rotatable bonds is 3. The fourth-order valence-corrected chi connectivity index (χ4v) is 2.50. The maximum atomic E-state index is 13.5. The maximum absolute atomic E-state index is 13.5. The van der Waals surface area contributed by atoms with Crippen molar-refractivity contribution in [2.24, 2.45) is 0 Å². The summed E-state index contributed by atoms with van der Waals surface area (Å²) in [5.41, 5.74) is 1.15. The van der Waals surface area contributed by atoms with Gasteiger partial charge in [0.2, 0.25) is 0 Å². The summed E-state index contributed by atoms with van der Waals surface area (Å²) in [5.74, 6) is 4.90. The molecule has 0 unspecified atom stereocenters. The van der Waals surface area contributed by atoms with Crippen LogP contribution < -0.4 is 0 Å². The van der Waals surface area contributed by atoms with Crippen LogP contribution in [0, 0.1) is 23.5 Å². The van der Waals surface area contributed by atoms with Crippen LogP contribution in [0.25, 0.3) is 0 Å². The van der Waals surface area contributed by atoms with E-state index in [1.165, 1.54) is 30.0 Å². The van der Waals surface area contributed by atoms with Crippen LogP contribution in [0.5, 0.6) is 0 Å². The largest absolute Gasteiger partial charge is 0.384 e. The second-order valence-corrected chi connectivity index (χ2v) is 5.07. The molecular weight excluding hydrogens is 278 g/mol. The van der Waals surface area contributed by atoms with Gasteiger partial charge >= 0.3 is 0 Å². The van der Waals surface area contributed by atoms with E-state index in [-0.39, 0.29) is 18.0 Å². The zero-order valence-electron chi connectivity index (χ0n) is 10.6. The van der Waals surface area contributed by atoms with E-state index >= 15 is 0 Å². The first-order valence-corrected chi connectivity index (χ1v) is 6.94.